The molecule has 6 aliphatic rings. The van der Waals surface area contributed by atoms with Gasteiger partial charge in [-0.25, -0.2) is 0 Å². The molecular formula is C38H52O4. The normalized spacial score (nSPS) is 41.1. The molecule has 0 unspecified atom stereocenters. The second kappa shape index (κ2) is 10.8. The number of hydrogen-bond donors (Lipinski definition) is 2. The van der Waals surface area contributed by atoms with Crippen LogP contribution in [-0.2, 0) is 25.7 Å². The smallest absolute Gasteiger partial charge is 0.119 e. The van der Waals surface area contributed by atoms with Gasteiger partial charge in [-0.2, -0.15) is 0 Å². The SMILES string of the molecule is COc1ccc2c(c1)C[C@@H]1C[C@@]3(C)[C@@H](CC[C@@H]3O)C[C@H]1C2.COc1ccc2c(c1)C[C@@H]1C[C@@]3(C)[C@@H](CC[C@@H]3O)C[C@H]1C2. The van der Waals surface area contributed by atoms with Crippen molar-refractivity contribution in [3.63, 3.8) is 0 Å². The van der Waals surface area contributed by atoms with Gasteiger partial charge in [0, 0.05) is 0 Å². The molecular weight excluding hydrogens is 520 g/mol. The van der Waals surface area contributed by atoms with E-state index in [0.29, 0.717) is 0 Å². The summed E-state index contributed by atoms with van der Waals surface area (Å²) < 4.78 is 10.8. The van der Waals surface area contributed by atoms with E-state index < -0.39 is 0 Å². The molecule has 4 nitrogen and oxygen atoms in total. The van der Waals surface area contributed by atoms with E-state index in [1.54, 1.807) is 14.2 Å². The largest absolute Gasteiger partial charge is 0.497 e. The molecule has 6 aliphatic carbocycles. The Hall–Kier alpha value is -2.04. The highest BCUT2D eigenvalue weighted by atomic mass is 16.5. The van der Waals surface area contributed by atoms with Crippen molar-refractivity contribution in [1.29, 1.82) is 0 Å². The van der Waals surface area contributed by atoms with Crippen molar-refractivity contribution in [2.75, 3.05) is 14.2 Å². The average Bonchev–Trinajstić information content (AvgIpc) is 3.44. The molecule has 0 bridgehead atoms. The minimum Gasteiger partial charge on any atom is -0.497 e. The molecule has 228 valence electrons. The van der Waals surface area contributed by atoms with Crippen LogP contribution in [0.1, 0.15) is 87.5 Å². The zero-order valence-electron chi connectivity index (χ0n) is 26.3. The Bertz CT molecular complexity index is 1200. The standard InChI is InChI=1S/2C19H26O2/c2*1-19-11-15-8-14-10-17(21-2)5-3-12(14)7-13(15)9-16(19)4-6-18(19)20/h2*3,5,10,13,15-16,18,20H,4,6-9,11H2,1-2H3/t2*13-,15-,16+,18+,19+/m11/s1. The van der Waals surface area contributed by atoms with Crippen LogP contribution in [0.4, 0.5) is 0 Å². The Kier molecular flexibility index (Phi) is 7.41. The molecule has 4 heteroatoms. The van der Waals surface area contributed by atoms with Crippen LogP contribution in [0.25, 0.3) is 0 Å². The van der Waals surface area contributed by atoms with Gasteiger partial charge in [-0.3, -0.25) is 0 Å². The zero-order chi connectivity index (χ0) is 29.2. The minimum absolute atomic E-state index is 0.0739. The monoisotopic (exact) mass is 572 g/mol. The van der Waals surface area contributed by atoms with Gasteiger partial charge in [0.25, 0.3) is 0 Å². The Labute approximate surface area is 253 Å². The second-order valence-corrected chi connectivity index (χ2v) is 15.6. The first kappa shape index (κ1) is 28.7. The highest BCUT2D eigenvalue weighted by Crippen LogP contribution is 2.59. The van der Waals surface area contributed by atoms with Gasteiger partial charge < -0.3 is 19.7 Å². The van der Waals surface area contributed by atoms with Crippen molar-refractivity contribution >= 4 is 0 Å². The fourth-order valence-electron chi connectivity index (χ4n) is 10.9. The van der Waals surface area contributed by atoms with Gasteiger partial charge in [0.1, 0.15) is 11.5 Å². The van der Waals surface area contributed by atoms with E-state index in [4.69, 9.17) is 9.47 Å². The highest BCUT2D eigenvalue weighted by Gasteiger charge is 2.53. The van der Waals surface area contributed by atoms with Crippen LogP contribution in [-0.4, -0.2) is 36.6 Å². The summed E-state index contributed by atoms with van der Waals surface area (Å²) in [6, 6.07) is 13.2. The average molecular weight is 573 g/mol. The molecule has 0 aliphatic heterocycles. The molecule has 2 N–H and O–H groups in total. The molecule has 0 aromatic heterocycles. The molecule has 0 saturated heterocycles. The summed E-state index contributed by atoms with van der Waals surface area (Å²) in [5.41, 5.74) is 6.36. The van der Waals surface area contributed by atoms with Gasteiger partial charge >= 0.3 is 0 Å². The van der Waals surface area contributed by atoms with Crippen molar-refractivity contribution in [2.45, 2.75) is 103 Å². The van der Waals surface area contributed by atoms with Crippen molar-refractivity contribution in [2.24, 2.45) is 46.3 Å². The van der Waals surface area contributed by atoms with Crippen LogP contribution in [0.2, 0.25) is 0 Å². The number of hydrogen-bond acceptors (Lipinski definition) is 4. The molecule has 0 radical (unpaired) electrons. The molecule has 4 fully saturated rings. The fraction of sp³-hybridized carbons (Fsp3) is 0.684. The number of fused-ring (bicyclic) bond motifs is 6. The van der Waals surface area contributed by atoms with E-state index in [1.165, 1.54) is 86.5 Å². The lowest BCUT2D eigenvalue weighted by Gasteiger charge is -2.48. The van der Waals surface area contributed by atoms with Gasteiger partial charge in [0.05, 0.1) is 26.4 Å². The second-order valence-electron chi connectivity index (χ2n) is 15.6. The number of methoxy groups -OCH3 is 2. The van der Waals surface area contributed by atoms with Crippen LogP contribution >= 0.6 is 0 Å². The van der Waals surface area contributed by atoms with E-state index >= 15 is 0 Å². The topological polar surface area (TPSA) is 58.9 Å². The van der Waals surface area contributed by atoms with Gasteiger partial charge in [0.15, 0.2) is 0 Å². The van der Waals surface area contributed by atoms with Gasteiger partial charge in [-0.1, -0.05) is 26.0 Å². The van der Waals surface area contributed by atoms with E-state index in [1.807, 2.05) is 0 Å². The predicted octanol–water partition coefficient (Wildman–Crippen LogP) is 7.19. The maximum atomic E-state index is 10.4. The van der Waals surface area contributed by atoms with Crippen LogP contribution in [0.3, 0.4) is 0 Å². The summed E-state index contributed by atoms with van der Waals surface area (Å²) in [7, 11) is 3.49. The van der Waals surface area contributed by atoms with Crippen LogP contribution in [0.15, 0.2) is 36.4 Å². The Balaban J connectivity index is 0.000000137. The number of benzene rings is 2. The lowest BCUT2D eigenvalue weighted by molar-refractivity contribution is -0.0288. The molecule has 10 atom stereocenters. The van der Waals surface area contributed by atoms with Crippen molar-refractivity contribution in [3.05, 3.63) is 58.7 Å². The van der Waals surface area contributed by atoms with Crippen molar-refractivity contribution < 1.29 is 19.7 Å². The maximum absolute atomic E-state index is 10.4. The zero-order valence-corrected chi connectivity index (χ0v) is 26.3. The van der Waals surface area contributed by atoms with Gasteiger partial charge in [-0.15, -0.1) is 0 Å². The highest BCUT2D eigenvalue weighted by molar-refractivity contribution is 5.39. The van der Waals surface area contributed by atoms with Crippen LogP contribution < -0.4 is 9.47 Å². The Morgan fingerprint density at radius 1 is 0.571 bits per heavy atom. The lowest BCUT2D eigenvalue weighted by atomic mass is 9.57. The summed E-state index contributed by atoms with van der Waals surface area (Å²) in [5, 5.41) is 20.9. The molecule has 42 heavy (non-hydrogen) atoms. The summed E-state index contributed by atoms with van der Waals surface area (Å²) in [5.74, 6) is 6.60. The van der Waals surface area contributed by atoms with Crippen LogP contribution in [0.5, 0.6) is 11.5 Å². The third kappa shape index (κ3) is 4.80. The number of aliphatic hydroxyl groups excluding tert-OH is 2. The Morgan fingerprint density at radius 2 is 0.976 bits per heavy atom. The van der Waals surface area contributed by atoms with Crippen molar-refractivity contribution in [3.8, 4) is 11.5 Å². The van der Waals surface area contributed by atoms with E-state index in [2.05, 4.69) is 50.2 Å². The summed E-state index contributed by atoms with van der Waals surface area (Å²) in [4.78, 5) is 0. The van der Waals surface area contributed by atoms with E-state index in [-0.39, 0.29) is 23.0 Å². The molecule has 2 aromatic carbocycles. The Morgan fingerprint density at radius 3 is 1.38 bits per heavy atom. The molecule has 0 spiro atoms. The number of rotatable bonds is 2. The first-order valence-electron chi connectivity index (χ1n) is 16.9. The van der Waals surface area contributed by atoms with Crippen LogP contribution in [0, 0.1) is 46.3 Å². The number of ether oxygens (including phenoxy) is 2. The van der Waals surface area contributed by atoms with Gasteiger partial charge in [-0.05, 0) is 170 Å². The lowest BCUT2D eigenvalue weighted by Crippen LogP contribution is -2.44. The first-order chi connectivity index (χ1) is 20.2. The van der Waals surface area contributed by atoms with E-state index in [0.717, 1.165) is 59.8 Å². The molecule has 8 rings (SSSR count). The van der Waals surface area contributed by atoms with Gasteiger partial charge in [0.2, 0.25) is 0 Å². The first-order valence-corrected chi connectivity index (χ1v) is 16.9. The summed E-state index contributed by atoms with van der Waals surface area (Å²) in [6.07, 6.45) is 14.2. The predicted molar refractivity (Wildman–Crippen MR) is 167 cm³/mol. The molecule has 2 aromatic rings. The third-order valence-electron chi connectivity index (χ3n) is 13.6. The molecule has 0 amide bonds. The van der Waals surface area contributed by atoms with Crippen molar-refractivity contribution in [1.82, 2.24) is 0 Å². The summed E-state index contributed by atoms with van der Waals surface area (Å²) in [6.45, 7) is 4.68. The third-order valence-corrected chi connectivity index (χ3v) is 13.6. The number of aliphatic hydroxyl groups is 2. The van der Waals surface area contributed by atoms with E-state index in [9.17, 15) is 10.2 Å². The maximum Gasteiger partial charge on any atom is 0.119 e. The molecule has 4 saturated carbocycles. The quantitative estimate of drug-likeness (QED) is 0.400. The molecule has 0 heterocycles. The minimum atomic E-state index is -0.0739. The fourth-order valence-corrected chi connectivity index (χ4v) is 10.9. The summed E-state index contributed by atoms with van der Waals surface area (Å²) >= 11 is 0.